The molecule has 0 spiro atoms. The fraction of sp³-hybridized carbons (Fsp3) is 1.00. The van der Waals surface area contributed by atoms with Crippen LogP contribution in [0.4, 0.5) is 0 Å². The Hall–Kier alpha value is -0.0800. The molecule has 1 rings (SSSR count). The van der Waals surface area contributed by atoms with Gasteiger partial charge in [0.2, 0.25) is 0 Å². The summed E-state index contributed by atoms with van der Waals surface area (Å²) in [5.74, 6) is 1.75. The van der Waals surface area contributed by atoms with Crippen LogP contribution in [0.15, 0.2) is 0 Å². The summed E-state index contributed by atoms with van der Waals surface area (Å²) in [5.41, 5.74) is 6.55. The van der Waals surface area contributed by atoms with Crippen molar-refractivity contribution in [3.05, 3.63) is 0 Å². The van der Waals surface area contributed by atoms with Crippen molar-refractivity contribution in [1.29, 1.82) is 0 Å². The van der Waals surface area contributed by atoms with Gasteiger partial charge in [0.05, 0.1) is 0 Å². The van der Waals surface area contributed by atoms with E-state index in [0.717, 1.165) is 18.4 Å². The van der Waals surface area contributed by atoms with Gasteiger partial charge in [-0.25, -0.2) is 0 Å². The maximum absolute atomic E-state index is 6.25. The first kappa shape index (κ1) is 17.0. The van der Waals surface area contributed by atoms with Crippen molar-refractivity contribution in [1.82, 2.24) is 4.90 Å². The molecule has 0 aliphatic heterocycles. The highest BCUT2D eigenvalue weighted by Crippen LogP contribution is 2.37. The van der Waals surface area contributed by atoms with Gasteiger partial charge in [-0.1, -0.05) is 40.5 Å². The molecular formula is C17H36N2. The summed E-state index contributed by atoms with van der Waals surface area (Å²) in [7, 11) is 0. The first-order valence-corrected chi connectivity index (χ1v) is 8.54. The van der Waals surface area contributed by atoms with Crippen molar-refractivity contribution in [2.24, 2.45) is 17.6 Å². The Bertz CT molecular complexity index is 233. The molecule has 2 atom stereocenters. The van der Waals surface area contributed by atoms with E-state index >= 15 is 0 Å². The smallest absolute Gasteiger partial charge is 0.0331 e. The predicted molar refractivity (Wildman–Crippen MR) is 85.4 cm³/mol. The van der Waals surface area contributed by atoms with Crippen LogP contribution in [0.1, 0.15) is 72.6 Å². The van der Waals surface area contributed by atoms with Gasteiger partial charge in [-0.05, 0) is 57.0 Å². The second-order valence-electron chi connectivity index (χ2n) is 6.85. The van der Waals surface area contributed by atoms with Crippen molar-refractivity contribution in [2.45, 2.75) is 78.2 Å². The lowest BCUT2D eigenvalue weighted by molar-refractivity contribution is 0.0758. The Morgan fingerprint density at radius 1 is 1.11 bits per heavy atom. The maximum atomic E-state index is 6.25. The van der Waals surface area contributed by atoms with E-state index in [-0.39, 0.29) is 0 Å². The highest BCUT2D eigenvalue weighted by Gasteiger charge is 2.37. The number of hydrogen-bond donors (Lipinski definition) is 1. The highest BCUT2D eigenvalue weighted by molar-refractivity contribution is 4.94. The molecule has 0 radical (unpaired) electrons. The summed E-state index contributed by atoms with van der Waals surface area (Å²) >= 11 is 0. The van der Waals surface area contributed by atoms with Gasteiger partial charge in [0, 0.05) is 12.1 Å². The van der Waals surface area contributed by atoms with Gasteiger partial charge in [0.25, 0.3) is 0 Å². The molecule has 2 N–H and O–H groups in total. The standard InChI is InChI=1S/C17H36N2/c1-5-12-19(13-6-2)17(14-18)10-7-8-16(9-11-17)15(3)4/h15-16H,5-14,18H2,1-4H3. The Morgan fingerprint density at radius 2 is 1.74 bits per heavy atom. The monoisotopic (exact) mass is 268 g/mol. The molecule has 0 aromatic heterocycles. The van der Waals surface area contributed by atoms with Crippen LogP contribution in [-0.2, 0) is 0 Å². The Morgan fingerprint density at radius 3 is 2.21 bits per heavy atom. The summed E-state index contributed by atoms with van der Waals surface area (Å²) < 4.78 is 0. The normalized spacial score (nSPS) is 28.9. The van der Waals surface area contributed by atoms with E-state index in [1.54, 1.807) is 0 Å². The summed E-state index contributed by atoms with van der Waals surface area (Å²) in [4.78, 5) is 2.72. The second kappa shape index (κ2) is 8.26. The van der Waals surface area contributed by atoms with E-state index < -0.39 is 0 Å². The van der Waals surface area contributed by atoms with Crippen molar-refractivity contribution in [3.8, 4) is 0 Å². The fourth-order valence-electron chi connectivity index (χ4n) is 3.86. The predicted octanol–water partition coefficient (Wildman–Crippen LogP) is 4.04. The average Bonchev–Trinajstić information content (AvgIpc) is 2.62. The molecule has 2 unspecified atom stereocenters. The molecule has 114 valence electrons. The fourth-order valence-corrected chi connectivity index (χ4v) is 3.86. The van der Waals surface area contributed by atoms with Gasteiger partial charge in [0.15, 0.2) is 0 Å². The zero-order chi connectivity index (χ0) is 14.3. The van der Waals surface area contributed by atoms with Crippen LogP contribution in [0.2, 0.25) is 0 Å². The zero-order valence-corrected chi connectivity index (χ0v) is 13.8. The minimum atomic E-state index is 0.301. The minimum Gasteiger partial charge on any atom is -0.329 e. The molecule has 1 aliphatic carbocycles. The SMILES string of the molecule is CCCN(CCC)C1(CN)CCCC(C(C)C)CC1. The van der Waals surface area contributed by atoms with Crippen molar-refractivity contribution < 1.29 is 0 Å². The van der Waals surface area contributed by atoms with E-state index in [0.29, 0.717) is 5.54 Å². The third kappa shape index (κ3) is 4.46. The van der Waals surface area contributed by atoms with E-state index in [1.165, 1.54) is 58.0 Å². The van der Waals surface area contributed by atoms with E-state index in [2.05, 4.69) is 32.6 Å². The van der Waals surface area contributed by atoms with Gasteiger partial charge in [-0.15, -0.1) is 0 Å². The molecular weight excluding hydrogens is 232 g/mol. The highest BCUT2D eigenvalue weighted by atomic mass is 15.2. The van der Waals surface area contributed by atoms with Gasteiger partial charge < -0.3 is 5.73 Å². The molecule has 2 nitrogen and oxygen atoms in total. The zero-order valence-electron chi connectivity index (χ0n) is 13.8. The number of hydrogen-bond acceptors (Lipinski definition) is 2. The number of nitrogens with two attached hydrogens (primary N) is 1. The van der Waals surface area contributed by atoms with Crippen LogP contribution in [0.25, 0.3) is 0 Å². The van der Waals surface area contributed by atoms with Crippen molar-refractivity contribution in [3.63, 3.8) is 0 Å². The van der Waals surface area contributed by atoms with Gasteiger partial charge >= 0.3 is 0 Å². The van der Waals surface area contributed by atoms with Crippen LogP contribution in [0, 0.1) is 11.8 Å². The first-order chi connectivity index (χ1) is 9.09. The molecule has 0 bridgehead atoms. The second-order valence-corrected chi connectivity index (χ2v) is 6.85. The van der Waals surface area contributed by atoms with Crippen LogP contribution in [0.5, 0.6) is 0 Å². The summed E-state index contributed by atoms with van der Waals surface area (Å²) in [5, 5.41) is 0. The first-order valence-electron chi connectivity index (χ1n) is 8.54. The van der Waals surface area contributed by atoms with E-state index in [4.69, 9.17) is 5.73 Å². The third-order valence-electron chi connectivity index (χ3n) is 5.18. The lowest BCUT2D eigenvalue weighted by atomic mass is 9.85. The molecule has 19 heavy (non-hydrogen) atoms. The Kier molecular flexibility index (Phi) is 7.38. The van der Waals surface area contributed by atoms with Crippen LogP contribution < -0.4 is 5.73 Å². The molecule has 2 heteroatoms. The van der Waals surface area contributed by atoms with E-state index in [9.17, 15) is 0 Å². The molecule has 0 amide bonds. The largest absolute Gasteiger partial charge is 0.329 e. The minimum absolute atomic E-state index is 0.301. The van der Waals surface area contributed by atoms with Crippen molar-refractivity contribution in [2.75, 3.05) is 19.6 Å². The molecule has 0 aromatic carbocycles. The lowest BCUT2D eigenvalue weighted by Gasteiger charge is -2.43. The molecule has 1 aliphatic rings. The molecule has 0 aromatic rings. The lowest BCUT2D eigenvalue weighted by Crippen LogP contribution is -2.54. The molecule has 0 heterocycles. The number of rotatable bonds is 7. The van der Waals surface area contributed by atoms with Crippen LogP contribution >= 0.6 is 0 Å². The number of nitrogens with zero attached hydrogens (tertiary/aromatic N) is 1. The molecule has 1 fully saturated rings. The maximum Gasteiger partial charge on any atom is 0.0331 e. The van der Waals surface area contributed by atoms with Crippen LogP contribution in [0.3, 0.4) is 0 Å². The quantitative estimate of drug-likeness (QED) is 0.706. The van der Waals surface area contributed by atoms with Crippen molar-refractivity contribution >= 4 is 0 Å². The van der Waals surface area contributed by atoms with Crippen LogP contribution in [-0.4, -0.2) is 30.1 Å². The molecule has 1 saturated carbocycles. The summed E-state index contributed by atoms with van der Waals surface area (Å²) in [6.07, 6.45) is 9.26. The van der Waals surface area contributed by atoms with Gasteiger partial charge in [0.1, 0.15) is 0 Å². The Labute approximate surface area is 121 Å². The summed E-state index contributed by atoms with van der Waals surface area (Å²) in [6, 6.07) is 0. The Balaban J connectivity index is 2.77. The summed E-state index contributed by atoms with van der Waals surface area (Å²) in [6.45, 7) is 12.6. The topological polar surface area (TPSA) is 29.3 Å². The molecule has 0 saturated heterocycles. The third-order valence-corrected chi connectivity index (χ3v) is 5.18. The van der Waals surface area contributed by atoms with E-state index in [1.807, 2.05) is 0 Å². The van der Waals surface area contributed by atoms with Gasteiger partial charge in [-0.2, -0.15) is 0 Å². The van der Waals surface area contributed by atoms with Gasteiger partial charge in [-0.3, -0.25) is 4.90 Å². The average molecular weight is 268 g/mol.